The van der Waals surface area contributed by atoms with Gasteiger partial charge in [-0.1, -0.05) is 25.1 Å². The van der Waals surface area contributed by atoms with E-state index in [1.165, 1.54) is 11.3 Å². The van der Waals surface area contributed by atoms with Gasteiger partial charge in [0, 0.05) is 31.7 Å². The van der Waals surface area contributed by atoms with E-state index >= 15 is 0 Å². The molecule has 4 heteroatoms. The molecule has 0 atom stereocenters. The fourth-order valence-corrected chi connectivity index (χ4v) is 3.03. The SMILES string of the molecule is CCCNCc1ccccc1N1CCC(CC(N)=O)CC1. The summed E-state index contributed by atoms with van der Waals surface area (Å²) in [5.74, 6) is 0.293. The van der Waals surface area contributed by atoms with Crippen LogP contribution in [0.15, 0.2) is 24.3 Å². The highest BCUT2D eigenvalue weighted by Gasteiger charge is 2.21. The van der Waals surface area contributed by atoms with Crippen LogP contribution in [0, 0.1) is 5.92 Å². The summed E-state index contributed by atoms with van der Waals surface area (Å²) in [5, 5.41) is 3.48. The lowest BCUT2D eigenvalue weighted by Crippen LogP contribution is -2.35. The minimum atomic E-state index is -0.169. The number of hydrogen-bond donors (Lipinski definition) is 2. The van der Waals surface area contributed by atoms with Crippen molar-refractivity contribution in [2.24, 2.45) is 11.7 Å². The lowest BCUT2D eigenvalue weighted by molar-refractivity contribution is -0.119. The Morgan fingerprint density at radius 2 is 2.05 bits per heavy atom. The molecule has 1 amide bonds. The molecule has 1 aromatic rings. The van der Waals surface area contributed by atoms with Crippen molar-refractivity contribution in [3.05, 3.63) is 29.8 Å². The highest BCUT2D eigenvalue weighted by molar-refractivity contribution is 5.74. The molecule has 0 saturated carbocycles. The highest BCUT2D eigenvalue weighted by Crippen LogP contribution is 2.27. The molecule has 1 aromatic carbocycles. The Labute approximate surface area is 127 Å². The highest BCUT2D eigenvalue weighted by atomic mass is 16.1. The van der Waals surface area contributed by atoms with Crippen molar-refractivity contribution in [3.63, 3.8) is 0 Å². The topological polar surface area (TPSA) is 58.4 Å². The quantitative estimate of drug-likeness (QED) is 0.757. The van der Waals surface area contributed by atoms with Gasteiger partial charge < -0.3 is 16.0 Å². The van der Waals surface area contributed by atoms with Gasteiger partial charge in [-0.2, -0.15) is 0 Å². The summed E-state index contributed by atoms with van der Waals surface area (Å²) in [6.45, 7) is 6.19. The first-order valence-corrected chi connectivity index (χ1v) is 8.02. The van der Waals surface area contributed by atoms with Gasteiger partial charge >= 0.3 is 0 Å². The third-order valence-corrected chi connectivity index (χ3v) is 4.18. The van der Waals surface area contributed by atoms with Crippen molar-refractivity contribution in [1.29, 1.82) is 0 Å². The summed E-state index contributed by atoms with van der Waals surface area (Å²) in [5.41, 5.74) is 7.99. The first-order valence-electron chi connectivity index (χ1n) is 8.02. The van der Waals surface area contributed by atoms with Gasteiger partial charge in [-0.3, -0.25) is 4.79 Å². The second-order valence-electron chi connectivity index (χ2n) is 5.91. The predicted molar refractivity (Wildman–Crippen MR) is 87.2 cm³/mol. The third-order valence-electron chi connectivity index (χ3n) is 4.18. The largest absolute Gasteiger partial charge is 0.371 e. The van der Waals surface area contributed by atoms with Crippen LogP contribution in [-0.4, -0.2) is 25.5 Å². The van der Waals surface area contributed by atoms with Crippen molar-refractivity contribution < 1.29 is 4.79 Å². The summed E-state index contributed by atoms with van der Waals surface area (Å²) in [6.07, 6.45) is 3.80. The predicted octanol–water partition coefficient (Wildman–Crippen LogP) is 2.28. The fraction of sp³-hybridized carbons (Fsp3) is 0.588. The molecule has 1 saturated heterocycles. The monoisotopic (exact) mass is 289 g/mol. The van der Waals surface area contributed by atoms with Gasteiger partial charge in [0.15, 0.2) is 0 Å². The Hall–Kier alpha value is -1.55. The number of primary amides is 1. The molecule has 0 bridgehead atoms. The van der Waals surface area contributed by atoms with E-state index in [0.717, 1.165) is 45.4 Å². The smallest absolute Gasteiger partial charge is 0.217 e. The van der Waals surface area contributed by atoms with Crippen molar-refractivity contribution in [2.45, 2.75) is 39.2 Å². The molecule has 0 aliphatic carbocycles. The second kappa shape index (κ2) is 8.03. The number of carbonyl (C=O) groups excluding carboxylic acids is 1. The lowest BCUT2D eigenvalue weighted by atomic mass is 9.92. The van der Waals surface area contributed by atoms with Crippen LogP contribution in [0.1, 0.15) is 38.2 Å². The van der Waals surface area contributed by atoms with Crippen molar-refractivity contribution in [3.8, 4) is 0 Å². The van der Waals surface area contributed by atoms with E-state index in [1.54, 1.807) is 0 Å². The van der Waals surface area contributed by atoms with Crippen LogP contribution >= 0.6 is 0 Å². The molecule has 3 N–H and O–H groups in total. The van der Waals surface area contributed by atoms with Gasteiger partial charge in [-0.05, 0) is 43.4 Å². The molecule has 0 aromatic heterocycles. The molecule has 21 heavy (non-hydrogen) atoms. The van der Waals surface area contributed by atoms with Crippen LogP contribution in [0.3, 0.4) is 0 Å². The molecule has 1 fully saturated rings. The van der Waals surface area contributed by atoms with Gasteiger partial charge in [0.1, 0.15) is 0 Å². The molecule has 0 spiro atoms. The lowest BCUT2D eigenvalue weighted by Gasteiger charge is -2.34. The number of amides is 1. The number of piperidine rings is 1. The van der Waals surface area contributed by atoms with Crippen LogP contribution in [0.5, 0.6) is 0 Å². The number of nitrogens with zero attached hydrogens (tertiary/aromatic N) is 1. The molecular formula is C17H27N3O. The van der Waals surface area contributed by atoms with Crippen LogP contribution in [0.2, 0.25) is 0 Å². The van der Waals surface area contributed by atoms with E-state index in [1.807, 2.05) is 0 Å². The minimum Gasteiger partial charge on any atom is -0.371 e. The summed E-state index contributed by atoms with van der Waals surface area (Å²) in [4.78, 5) is 13.5. The van der Waals surface area contributed by atoms with Crippen molar-refractivity contribution in [1.82, 2.24) is 5.32 Å². The van der Waals surface area contributed by atoms with Crippen molar-refractivity contribution in [2.75, 3.05) is 24.5 Å². The van der Waals surface area contributed by atoms with Gasteiger partial charge in [-0.25, -0.2) is 0 Å². The number of benzene rings is 1. The van der Waals surface area contributed by atoms with E-state index in [2.05, 4.69) is 41.4 Å². The molecule has 116 valence electrons. The number of rotatable bonds is 7. The average Bonchev–Trinajstić information content (AvgIpc) is 2.48. The Morgan fingerprint density at radius 1 is 1.33 bits per heavy atom. The van der Waals surface area contributed by atoms with Gasteiger partial charge in [0.25, 0.3) is 0 Å². The van der Waals surface area contributed by atoms with E-state index in [9.17, 15) is 4.79 Å². The normalized spacial score (nSPS) is 16.1. The maximum Gasteiger partial charge on any atom is 0.217 e. The first-order chi connectivity index (χ1) is 10.2. The Kier molecular flexibility index (Phi) is 6.05. The number of hydrogen-bond acceptors (Lipinski definition) is 3. The molecule has 1 aliphatic rings. The zero-order chi connectivity index (χ0) is 15.1. The maximum atomic E-state index is 11.0. The van der Waals surface area contributed by atoms with Crippen LogP contribution in [0.25, 0.3) is 0 Å². The Morgan fingerprint density at radius 3 is 2.71 bits per heavy atom. The van der Waals surface area contributed by atoms with Crippen LogP contribution < -0.4 is 16.0 Å². The molecular weight excluding hydrogens is 262 g/mol. The van der Waals surface area contributed by atoms with E-state index in [-0.39, 0.29) is 5.91 Å². The Balaban J connectivity index is 1.94. The van der Waals surface area contributed by atoms with E-state index < -0.39 is 0 Å². The van der Waals surface area contributed by atoms with Gasteiger partial charge in [0.2, 0.25) is 5.91 Å². The fourth-order valence-electron chi connectivity index (χ4n) is 3.03. The molecule has 0 unspecified atom stereocenters. The number of nitrogens with one attached hydrogen (secondary N) is 1. The maximum absolute atomic E-state index is 11.0. The molecule has 1 heterocycles. The zero-order valence-corrected chi connectivity index (χ0v) is 13.0. The van der Waals surface area contributed by atoms with Crippen molar-refractivity contribution >= 4 is 11.6 Å². The summed E-state index contributed by atoms with van der Waals surface area (Å²) < 4.78 is 0. The minimum absolute atomic E-state index is 0.169. The second-order valence-corrected chi connectivity index (χ2v) is 5.91. The first kappa shape index (κ1) is 15.8. The van der Waals surface area contributed by atoms with Crippen LogP contribution in [0.4, 0.5) is 5.69 Å². The third kappa shape index (κ3) is 4.74. The van der Waals surface area contributed by atoms with Gasteiger partial charge in [-0.15, -0.1) is 0 Å². The standard InChI is InChI=1S/C17H27N3O/c1-2-9-19-13-15-5-3-4-6-16(15)20-10-7-14(8-11-20)12-17(18)21/h3-6,14,19H,2,7-13H2,1H3,(H2,18,21). The number of anilines is 1. The zero-order valence-electron chi connectivity index (χ0n) is 13.0. The molecule has 1 aliphatic heterocycles. The van der Waals surface area contributed by atoms with Gasteiger partial charge in [0.05, 0.1) is 0 Å². The molecule has 4 nitrogen and oxygen atoms in total. The number of para-hydroxylation sites is 1. The number of carbonyl (C=O) groups is 1. The number of nitrogens with two attached hydrogens (primary N) is 1. The molecule has 2 rings (SSSR count). The van der Waals surface area contributed by atoms with Crippen LogP contribution in [-0.2, 0) is 11.3 Å². The van der Waals surface area contributed by atoms with E-state index in [4.69, 9.17) is 5.73 Å². The summed E-state index contributed by atoms with van der Waals surface area (Å²) in [7, 11) is 0. The summed E-state index contributed by atoms with van der Waals surface area (Å²) in [6, 6.07) is 8.62. The van der Waals surface area contributed by atoms with E-state index in [0.29, 0.717) is 12.3 Å². The molecule has 0 radical (unpaired) electrons. The average molecular weight is 289 g/mol. The summed E-state index contributed by atoms with van der Waals surface area (Å²) >= 11 is 0. The Bertz CT molecular complexity index is 453.